The van der Waals surface area contributed by atoms with Crippen LogP contribution in [0, 0.1) is 0 Å². The van der Waals surface area contributed by atoms with Crippen molar-refractivity contribution < 1.29 is 57.9 Å². The van der Waals surface area contributed by atoms with Gasteiger partial charge in [0, 0.05) is 12.8 Å². The van der Waals surface area contributed by atoms with Crippen LogP contribution >= 0.6 is 0 Å². The summed E-state index contributed by atoms with van der Waals surface area (Å²) in [6.45, 7) is 10.6. The quantitative estimate of drug-likeness (QED) is 0.0372. The molecule has 12 heteroatoms. The molecule has 0 saturated carbocycles. The second-order valence-corrected chi connectivity index (χ2v) is 16.8. The molecule has 0 atom stereocenters. The molecule has 0 bridgehead atoms. The number of carboxylic acids is 2. The van der Waals surface area contributed by atoms with E-state index in [1.54, 1.807) is 48.5 Å². The van der Waals surface area contributed by atoms with E-state index in [1.165, 1.54) is 103 Å². The summed E-state index contributed by atoms with van der Waals surface area (Å²) in [4.78, 5) is 68.0. The molecule has 0 aliphatic heterocycles. The van der Waals surface area contributed by atoms with Gasteiger partial charge in [0.1, 0.15) is 0 Å². The number of esters is 4. The zero-order valence-corrected chi connectivity index (χ0v) is 41.2. The van der Waals surface area contributed by atoms with Gasteiger partial charge in [0.2, 0.25) is 0 Å². The van der Waals surface area contributed by atoms with Crippen molar-refractivity contribution in [2.24, 2.45) is 0 Å². The first-order valence-corrected chi connectivity index (χ1v) is 25.3. The minimum absolute atomic E-state index is 0.0628. The number of hydrogen-bond donors (Lipinski definition) is 2. The molecule has 2 aromatic rings. The standard InChI is InChI=1S/2C24H38O4.C6H10O4/c2*1-3-5-7-9-11-13-19-27-23(25)21-15-17-22(18-16-21)24(26)28-20-14-12-10-8-6-4-2;7-5(8)3-1-2-4-6(9)10/h2*15-18H,3-14,19-20H2,1-2H3;1-4H2,(H,7,8)(H,9,10). The van der Waals surface area contributed by atoms with Crippen LogP contribution in [0.5, 0.6) is 0 Å². The molecule has 0 radical (unpaired) electrons. The van der Waals surface area contributed by atoms with Gasteiger partial charge in [-0.2, -0.15) is 0 Å². The number of carbonyl (C=O) groups is 6. The molecule has 2 N–H and O–H groups in total. The predicted molar refractivity (Wildman–Crippen MR) is 261 cm³/mol. The van der Waals surface area contributed by atoms with Crippen molar-refractivity contribution in [3.63, 3.8) is 0 Å². The molecule has 0 amide bonds. The van der Waals surface area contributed by atoms with Crippen molar-refractivity contribution in [1.29, 1.82) is 0 Å². The summed E-state index contributed by atoms with van der Waals surface area (Å²) in [5.41, 5.74) is 1.88. The van der Waals surface area contributed by atoms with E-state index in [9.17, 15) is 28.8 Å². The van der Waals surface area contributed by atoms with Crippen molar-refractivity contribution in [2.75, 3.05) is 26.4 Å². The van der Waals surface area contributed by atoms with E-state index in [-0.39, 0.29) is 36.7 Å². The molecule has 0 heterocycles. The maximum atomic E-state index is 12.0. The summed E-state index contributed by atoms with van der Waals surface area (Å²) < 4.78 is 21.2. The van der Waals surface area contributed by atoms with Gasteiger partial charge in [0.05, 0.1) is 48.7 Å². The zero-order chi connectivity index (χ0) is 48.9. The van der Waals surface area contributed by atoms with Crippen LogP contribution in [0.2, 0.25) is 0 Å². The lowest BCUT2D eigenvalue weighted by Gasteiger charge is -2.07. The smallest absolute Gasteiger partial charge is 0.338 e. The SMILES string of the molecule is CCCCCCCCOC(=O)c1ccc(C(=O)OCCCCCCCC)cc1.CCCCCCCCOC(=O)c1ccc(C(=O)OCCCCCCCC)cc1.O=C(O)CCCCC(=O)O. The summed E-state index contributed by atoms with van der Waals surface area (Å²) >= 11 is 0. The number of carboxylic acid groups (broad SMARTS) is 2. The first-order valence-electron chi connectivity index (χ1n) is 25.3. The van der Waals surface area contributed by atoms with Crippen LogP contribution in [0.4, 0.5) is 0 Å². The average Bonchev–Trinajstić information content (AvgIpc) is 3.32. The zero-order valence-electron chi connectivity index (χ0n) is 41.2. The Morgan fingerprint density at radius 3 is 0.667 bits per heavy atom. The van der Waals surface area contributed by atoms with Crippen molar-refractivity contribution >= 4 is 35.8 Å². The Kier molecular flexibility index (Phi) is 40.9. The fourth-order valence-corrected chi connectivity index (χ4v) is 6.56. The molecular weight excluding hydrogens is 841 g/mol. The van der Waals surface area contributed by atoms with E-state index in [0.717, 1.165) is 51.4 Å². The fraction of sp³-hybridized carbons (Fsp3) is 0.667. The van der Waals surface area contributed by atoms with Crippen LogP contribution in [0.1, 0.15) is 249 Å². The fourth-order valence-electron chi connectivity index (χ4n) is 6.56. The molecule has 2 rings (SSSR count). The molecule has 2 aromatic carbocycles. The number of unbranched alkanes of at least 4 members (excludes halogenated alkanes) is 21. The Morgan fingerprint density at radius 2 is 0.485 bits per heavy atom. The highest BCUT2D eigenvalue weighted by Crippen LogP contribution is 2.13. The topological polar surface area (TPSA) is 180 Å². The molecule has 0 spiro atoms. The Labute approximate surface area is 397 Å². The third kappa shape index (κ3) is 36.5. The monoisotopic (exact) mass is 927 g/mol. The average molecular weight is 927 g/mol. The summed E-state index contributed by atoms with van der Waals surface area (Å²) in [7, 11) is 0. The molecule has 0 fully saturated rings. The summed E-state index contributed by atoms with van der Waals surface area (Å²) in [6, 6.07) is 13.0. The van der Waals surface area contributed by atoms with E-state index in [4.69, 9.17) is 29.2 Å². The van der Waals surface area contributed by atoms with Crippen LogP contribution in [0.25, 0.3) is 0 Å². The molecule has 0 unspecified atom stereocenters. The first kappa shape index (κ1) is 61.3. The number of ether oxygens (including phenoxy) is 4. The van der Waals surface area contributed by atoms with Crippen LogP contribution in [0.15, 0.2) is 48.5 Å². The number of benzene rings is 2. The van der Waals surface area contributed by atoms with Crippen LogP contribution in [-0.2, 0) is 28.5 Å². The Balaban J connectivity index is 0.00000106. The van der Waals surface area contributed by atoms with E-state index >= 15 is 0 Å². The van der Waals surface area contributed by atoms with Gasteiger partial charge in [0.25, 0.3) is 0 Å². The van der Waals surface area contributed by atoms with Gasteiger partial charge >= 0.3 is 35.8 Å². The lowest BCUT2D eigenvalue weighted by Crippen LogP contribution is -2.09. The van der Waals surface area contributed by atoms with Crippen molar-refractivity contribution in [3.05, 3.63) is 70.8 Å². The van der Waals surface area contributed by atoms with Crippen LogP contribution in [0.3, 0.4) is 0 Å². The lowest BCUT2D eigenvalue weighted by molar-refractivity contribution is -0.139. The van der Waals surface area contributed by atoms with Gasteiger partial charge in [-0.05, 0) is 87.1 Å². The highest BCUT2D eigenvalue weighted by Gasteiger charge is 2.13. The molecule has 374 valence electrons. The Morgan fingerprint density at radius 1 is 0.303 bits per heavy atom. The molecule has 0 aliphatic carbocycles. The molecule has 66 heavy (non-hydrogen) atoms. The van der Waals surface area contributed by atoms with E-state index in [2.05, 4.69) is 27.7 Å². The van der Waals surface area contributed by atoms with Gasteiger partial charge in [-0.25, -0.2) is 19.2 Å². The van der Waals surface area contributed by atoms with Crippen molar-refractivity contribution in [2.45, 2.75) is 207 Å². The summed E-state index contributed by atoms with van der Waals surface area (Å²) in [5, 5.41) is 16.3. The minimum atomic E-state index is -0.870. The maximum absolute atomic E-state index is 12.0. The number of aliphatic carboxylic acids is 2. The van der Waals surface area contributed by atoms with E-state index < -0.39 is 11.9 Å². The Hall–Kier alpha value is -4.74. The lowest BCUT2D eigenvalue weighted by atomic mass is 10.1. The minimum Gasteiger partial charge on any atom is -0.481 e. The maximum Gasteiger partial charge on any atom is 0.338 e. The van der Waals surface area contributed by atoms with Crippen LogP contribution < -0.4 is 0 Å². The summed E-state index contributed by atoms with van der Waals surface area (Å²) in [5.74, 6) is -3.07. The number of rotatable bonds is 37. The van der Waals surface area contributed by atoms with Gasteiger partial charge in [0.15, 0.2) is 0 Å². The van der Waals surface area contributed by atoms with Gasteiger partial charge in [-0.3, -0.25) is 9.59 Å². The van der Waals surface area contributed by atoms with E-state index in [1.807, 2.05) is 0 Å². The molecule has 12 nitrogen and oxygen atoms in total. The third-order valence-corrected chi connectivity index (χ3v) is 10.7. The van der Waals surface area contributed by atoms with E-state index in [0.29, 0.717) is 61.5 Å². The van der Waals surface area contributed by atoms with Crippen molar-refractivity contribution in [3.8, 4) is 0 Å². The van der Waals surface area contributed by atoms with Gasteiger partial charge in [-0.1, -0.05) is 156 Å². The van der Waals surface area contributed by atoms with Crippen molar-refractivity contribution in [1.82, 2.24) is 0 Å². The molecule has 0 saturated heterocycles. The highest BCUT2D eigenvalue weighted by atomic mass is 16.5. The van der Waals surface area contributed by atoms with Gasteiger partial charge < -0.3 is 29.2 Å². The molecule has 0 aromatic heterocycles. The van der Waals surface area contributed by atoms with Crippen LogP contribution in [-0.4, -0.2) is 72.5 Å². The second-order valence-electron chi connectivity index (χ2n) is 16.8. The first-order chi connectivity index (χ1) is 32.0. The molecular formula is C54H86O12. The van der Waals surface area contributed by atoms with Gasteiger partial charge in [-0.15, -0.1) is 0 Å². The summed E-state index contributed by atoms with van der Waals surface area (Å²) in [6.07, 6.45) is 28.8. The normalized spacial score (nSPS) is 10.4. The number of carbonyl (C=O) groups excluding carboxylic acids is 4. The largest absolute Gasteiger partial charge is 0.481 e. The molecule has 0 aliphatic rings. The Bertz CT molecular complexity index is 1320. The number of hydrogen-bond acceptors (Lipinski definition) is 10. The third-order valence-electron chi connectivity index (χ3n) is 10.7. The second kappa shape index (κ2) is 44.1. The predicted octanol–water partition coefficient (Wildman–Crippen LogP) is 14.2. The highest BCUT2D eigenvalue weighted by molar-refractivity contribution is 5.94.